The molecule has 0 bridgehead atoms. The maximum absolute atomic E-state index is 12.0. The van der Waals surface area contributed by atoms with E-state index >= 15 is 0 Å². The summed E-state index contributed by atoms with van der Waals surface area (Å²) in [6.45, 7) is 19.8. The largest absolute Gasteiger partial charge is 0.469 e. The predicted octanol–water partition coefficient (Wildman–Crippen LogP) is 5.10. The molecule has 0 spiro atoms. The Morgan fingerprint density at radius 3 is 1.14 bits per heavy atom. The zero-order valence-corrected chi connectivity index (χ0v) is 28.4. The standard InChI is InChI=1S/C32H62N4O6/c1-29(2)21-25(22-30(3,4)35(29)39)33(19-15-27(37)41-9)17-13-11-12-14-18-34(20-16-28(38)42-10)26-23-31(5,6)36(40)32(7,8)24-26/h25-26,39-40H,11-24H2,1-10H3. The van der Waals surface area contributed by atoms with Crippen molar-refractivity contribution < 1.29 is 29.5 Å². The number of rotatable bonds is 15. The van der Waals surface area contributed by atoms with Gasteiger partial charge in [0.15, 0.2) is 0 Å². The molecule has 0 saturated carbocycles. The second-order valence-corrected chi connectivity index (χ2v) is 15.1. The fourth-order valence-corrected chi connectivity index (χ4v) is 7.56. The van der Waals surface area contributed by atoms with Gasteiger partial charge in [0.1, 0.15) is 0 Å². The lowest BCUT2D eigenvalue weighted by molar-refractivity contribution is -0.252. The van der Waals surface area contributed by atoms with Gasteiger partial charge in [0.25, 0.3) is 0 Å². The van der Waals surface area contributed by atoms with Gasteiger partial charge in [-0.3, -0.25) is 19.4 Å². The third-order valence-electron chi connectivity index (χ3n) is 9.57. The summed E-state index contributed by atoms with van der Waals surface area (Å²) in [6, 6.07) is 0.557. The van der Waals surface area contributed by atoms with Crippen molar-refractivity contribution in [3.63, 3.8) is 0 Å². The molecule has 0 amide bonds. The van der Waals surface area contributed by atoms with E-state index in [0.717, 1.165) is 64.5 Å². The molecular weight excluding hydrogens is 536 g/mol. The molecule has 42 heavy (non-hydrogen) atoms. The summed E-state index contributed by atoms with van der Waals surface area (Å²) in [4.78, 5) is 28.8. The average molecular weight is 599 g/mol. The van der Waals surface area contributed by atoms with Crippen LogP contribution in [0, 0.1) is 0 Å². The van der Waals surface area contributed by atoms with Crippen molar-refractivity contribution in [1.29, 1.82) is 0 Å². The van der Waals surface area contributed by atoms with Crippen molar-refractivity contribution in [1.82, 2.24) is 19.9 Å². The Kier molecular flexibility index (Phi) is 13.3. The van der Waals surface area contributed by atoms with Gasteiger partial charge in [-0.2, -0.15) is 10.1 Å². The molecule has 2 heterocycles. The normalized spacial score (nSPS) is 22.9. The lowest BCUT2D eigenvalue weighted by Gasteiger charge is -2.53. The topological polar surface area (TPSA) is 106 Å². The van der Waals surface area contributed by atoms with E-state index in [4.69, 9.17) is 9.47 Å². The summed E-state index contributed by atoms with van der Waals surface area (Å²) in [7, 11) is 2.87. The van der Waals surface area contributed by atoms with E-state index in [2.05, 4.69) is 65.2 Å². The van der Waals surface area contributed by atoms with Crippen LogP contribution in [-0.2, 0) is 19.1 Å². The van der Waals surface area contributed by atoms with Crippen LogP contribution in [0.5, 0.6) is 0 Å². The summed E-state index contributed by atoms with van der Waals surface area (Å²) < 4.78 is 9.85. The summed E-state index contributed by atoms with van der Waals surface area (Å²) in [5, 5.41) is 24.6. The molecule has 2 N–H and O–H groups in total. The second-order valence-electron chi connectivity index (χ2n) is 15.1. The summed E-state index contributed by atoms with van der Waals surface area (Å²) in [5.74, 6) is -0.382. The number of hydrogen-bond acceptors (Lipinski definition) is 10. The molecule has 0 unspecified atom stereocenters. The highest BCUT2D eigenvalue weighted by molar-refractivity contribution is 5.69. The average Bonchev–Trinajstić information content (AvgIpc) is 2.89. The first-order valence-corrected chi connectivity index (χ1v) is 16.0. The van der Waals surface area contributed by atoms with Gasteiger partial charge < -0.3 is 19.9 Å². The van der Waals surface area contributed by atoms with Gasteiger partial charge in [0.05, 0.1) is 27.1 Å². The number of nitrogens with zero attached hydrogens (tertiary/aromatic N) is 4. The van der Waals surface area contributed by atoms with E-state index in [1.807, 2.05) is 0 Å². The first-order valence-electron chi connectivity index (χ1n) is 16.0. The Hall–Kier alpha value is -1.30. The molecule has 10 heteroatoms. The molecule has 2 rings (SSSR count). The minimum absolute atomic E-state index is 0.191. The van der Waals surface area contributed by atoms with E-state index in [0.29, 0.717) is 25.9 Å². The van der Waals surface area contributed by atoms with E-state index < -0.39 is 0 Å². The molecule has 0 aromatic heterocycles. The molecule has 10 nitrogen and oxygen atoms in total. The number of carbonyl (C=O) groups is 2. The first kappa shape index (κ1) is 36.9. The minimum Gasteiger partial charge on any atom is -0.469 e. The van der Waals surface area contributed by atoms with Crippen LogP contribution in [0.25, 0.3) is 0 Å². The van der Waals surface area contributed by atoms with Crippen LogP contribution in [0.15, 0.2) is 0 Å². The third kappa shape index (κ3) is 10.1. The Morgan fingerprint density at radius 2 is 0.881 bits per heavy atom. The number of ether oxygens (including phenoxy) is 2. The maximum atomic E-state index is 12.0. The Balaban J connectivity index is 1.97. The second kappa shape index (κ2) is 15.1. The van der Waals surface area contributed by atoms with Crippen LogP contribution in [-0.4, -0.2) is 117 Å². The molecule has 0 atom stereocenters. The van der Waals surface area contributed by atoms with Crippen molar-refractivity contribution in [2.75, 3.05) is 40.4 Å². The molecule has 2 aliphatic rings. The van der Waals surface area contributed by atoms with Crippen LogP contribution in [0.2, 0.25) is 0 Å². The van der Waals surface area contributed by atoms with Crippen LogP contribution < -0.4 is 0 Å². The first-order chi connectivity index (χ1) is 19.4. The summed E-state index contributed by atoms with van der Waals surface area (Å²) >= 11 is 0. The van der Waals surface area contributed by atoms with Crippen LogP contribution in [0.4, 0.5) is 0 Å². The van der Waals surface area contributed by atoms with E-state index in [1.165, 1.54) is 24.3 Å². The Morgan fingerprint density at radius 1 is 0.595 bits per heavy atom. The number of hydrogen-bond donors (Lipinski definition) is 2. The van der Waals surface area contributed by atoms with Crippen molar-refractivity contribution in [2.24, 2.45) is 0 Å². The predicted molar refractivity (Wildman–Crippen MR) is 164 cm³/mol. The van der Waals surface area contributed by atoms with Crippen molar-refractivity contribution >= 4 is 11.9 Å². The third-order valence-corrected chi connectivity index (χ3v) is 9.57. The lowest BCUT2D eigenvalue weighted by atomic mass is 9.78. The number of methoxy groups -OCH3 is 2. The molecule has 2 aliphatic heterocycles. The number of esters is 2. The monoisotopic (exact) mass is 598 g/mol. The molecule has 2 fully saturated rings. The van der Waals surface area contributed by atoms with E-state index in [1.54, 1.807) is 0 Å². The maximum Gasteiger partial charge on any atom is 0.306 e. The lowest BCUT2D eigenvalue weighted by Crippen LogP contribution is -2.63. The highest BCUT2D eigenvalue weighted by atomic mass is 16.5. The highest BCUT2D eigenvalue weighted by Gasteiger charge is 2.47. The van der Waals surface area contributed by atoms with Crippen molar-refractivity contribution in [2.45, 2.75) is 154 Å². The number of piperidine rings is 2. The van der Waals surface area contributed by atoms with E-state index in [-0.39, 0.29) is 46.2 Å². The van der Waals surface area contributed by atoms with Gasteiger partial charge in [-0.1, -0.05) is 12.8 Å². The number of unbranched alkanes of at least 4 members (excludes halogenated alkanes) is 3. The summed E-state index contributed by atoms with van der Waals surface area (Å²) in [6.07, 6.45) is 8.31. The molecular formula is C32H62N4O6. The van der Waals surface area contributed by atoms with Gasteiger partial charge in [0, 0.05) is 47.3 Å². The van der Waals surface area contributed by atoms with Gasteiger partial charge in [-0.25, -0.2) is 0 Å². The Labute approximate surface area is 255 Å². The van der Waals surface area contributed by atoms with E-state index in [9.17, 15) is 20.0 Å². The van der Waals surface area contributed by atoms with Gasteiger partial charge >= 0.3 is 11.9 Å². The SMILES string of the molecule is COC(=O)CCN(CCCCCCN(CCC(=O)OC)C1CC(C)(C)N(O)C(C)(C)C1)C1CC(C)(C)N(O)C(C)(C)C1. The molecule has 0 aromatic rings. The highest BCUT2D eigenvalue weighted by Crippen LogP contribution is 2.40. The smallest absolute Gasteiger partial charge is 0.306 e. The quantitative estimate of drug-likeness (QED) is 0.195. The molecule has 246 valence electrons. The zero-order valence-electron chi connectivity index (χ0n) is 28.4. The number of carbonyl (C=O) groups excluding carboxylic acids is 2. The molecule has 2 saturated heterocycles. The fraction of sp³-hybridized carbons (Fsp3) is 0.938. The van der Waals surface area contributed by atoms with Gasteiger partial charge in [-0.05, 0) is 107 Å². The van der Waals surface area contributed by atoms with Crippen LogP contribution >= 0.6 is 0 Å². The number of hydroxylamine groups is 4. The van der Waals surface area contributed by atoms with Gasteiger partial charge in [-0.15, -0.1) is 0 Å². The fourth-order valence-electron chi connectivity index (χ4n) is 7.56. The Bertz CT molecular complexity index is 771. The summed E-state index contributed by atoms with van der Waals surface area (Å²) in [5.41, 5.74) is -1.39. The molecule has 0 aromatic carbocycles. The molecule has 0 aliphatic carbocycles. The minimum atomic E-state index is -0.348. The zero-order chi connectivity index (χ0) is 31.9. The molecule has 0 radical (unpaired) electrons. The van der Waals surface area contributed by atoms with Crippen LogP contribution in [0.3, 0.4) is 0 Å². The van der Waals surface area contributed by atoms with Crippen LogP contribution in [0.1, 0.15) is 120 Å². The van der Waals surface area contributed by atoms with Crippen molar-refractivity contribution in [3.05, 3.63) is 0 Å². The van der Waals surface area contributed by atoms with Crippen molar-refractivity contribution in [3.8, 4) is 0 Å². The van der Waals surface area contributed by atoms with Gasteiger partial charge in [0.2, 0.25) is 0 Å².